The molecule has 60 heavy (non-hydrogen) atoms. The van der Waals surface area contributed by atoms with E-state index in [1.807, 2.05) is 20.2 Å². The third kappa shape index (κ3) is 37.7. The summed E-state index contributed by atoms with van der Waals surface area (Å²) in [7, 11) is 4.09. The van der Waals surface area contributed by atoms with Gasteiger partial charge in [-0.1, -0.05) is 127 Å². The number of benzene rings is 1. The van der Waals surface area contributed by atoms with Crippen LogP contribution < -0.4 is 9.47 Å². The Morgan fingerprint density at radius 1 is 0.450 bits per heavy atom. The molecule has 0 bridgehead atoms. The van der Waals surface area contributed by atoms with Gasteiger partial charge in [0.2, 0.25) is 0 Å². The number of allylic oxidation sites excluding steroid dienone is 8. The fraction of sp³-hybridized carbons (Fsp3) is 0.698. The van der Waals surface area contributed by atoms with E-state index in [0.717, 1.165) is 101 Å². The average Bonchev–Trinajstić information content (AvgIpc) is 3.23. The number of unbranched alkanes of at least 4 members (excludes halogenated alkanes) is 18. The van der Waals surface area contributed by atoms with Crippen molar-refractivity contribution in [1.82, 2.24) is 4.90 Å². The lowest BCUT2D eigenvalue weighted by Crippen LogP contribution is -2.11. The Kier molecular flexibility index (Phi) is 38.6. The average molecular weight is 836 g/mol. The van der Waals surface area contributed by atoms with E-state index in [4.69, 9.17) is 18.9 Å². The van der Waals surface area contributed by atoms with Crippen LogP contribution in [-0.4, -0.2) is 57.4 Å². The predicted octanol–water partition coefficient (Wildman–Crippen LogP) is 14.8. The zero-order valence-corrected chi connectivity index (χ0v) is 39.1. The molecule has 0 aliphatic heterocycles. The van der Waals surface area contributed by atoms with Crippen LogP contribution in [-0.2, 0) is 25.6 Å². The summed E-state index contributed by atoms with van der Waals surface area (Å²) in [5, 5.41) is 0. The van der Waals surface area contributed by atoms with Crippen LogP contribution in [0.25, 0.3) is 0 Å². The van der Waals surface area contributed by atoms with Crippen molar-refractivity contribution >= 4 is 11.9 Å². The molecule has 0 spiro atoms. The number of ether oxygens (including phenoxy) is 4. The first-order chi connectivity index (χ1) is 29.4. The maximum atomic E-state index is 12.2. The Hall–Kier alpha value is -3.32. The first-order valence-electron chi connectivity index (χ1n) is 24.4. The molecule has 0 radical (unpaired) electrons. The molecule has 1 rings (SSSR count). The zero-order valence-electron chi connectivity index (χ0n) is 39.1. The second kappa shape index (κ2) is 42.4. The van der Waals surface area contributed by atoms with E-state index in [2.05, 4.69) is 79.5 Å². The van der Waals surface area contributed by atoms with Crippen molar-refractivity contribution in [3.05, 3.63) is 72.4 Å². The van der Waals surface area contributed by atoms with Crippen molar-refractivity contribution in [3.63, 3.8) is 0 Å². The van der Waals surface area contributed by atoms with Gasteiger partial charge in [0.15, 0.2) is 0 Å². The summed E-state index contributed by atoms with van der Waals surface area (Å²) < 4.78 is 23.1. The normalized spacial score (nSPS) is 11.9. The first-order valence-corrected chi connectivity index (χ1v) is 24.4. The Morgan fingerprint density at radius 3 is 1.22 bits per heavy atom. The molecule has 342 valence electrons. The number of carbonyl (C=O) groups is 2. The summed E-state index contributed by atoms with van der Waals surface area (Å²) in [5.74, 6) is 1.38. The van der Waals surface area contributed by atoms with Gasteiger partial charge in [0.1, 0.15) is 11.5 Å². The molecule has 0 saturated carbocycles. The van der Waals surface area contributed by atoms with Crippen molar-refractivity contribution in [1.29, 1.82) is 0 Å². The predicted molar refractivity (Wildman–Crippen MR) is 254 cm³/mol. The summed E-state index contributed by atoms with van der Waals surface area (Å²) in [5.41, 5.74) is 1.12. The molecule has 0 saturated heterocycles. The van der Waals surface area contributed by atoms with Gasteiger partial charge in [-0.05, 0) is 135 Å². The van der Waals surface area contributed by atoms with E-state index in [0.29, 0.717) is 39.3 Å². The van der Waals surface area contributed by atoms with Crippen LogP contribution >= 0.6 is 0 Å². The van der Waals surface area contributed by atoms with Gasteiger partial charge in [-0.2, -0.15) is 0 Å². The fourth-order valence-corrected chi connectivity index (χ4v) is 6.72. The molecule has 1 aromatic carbocycles. The van der Waals surface area contributed by atoms with Crippen LogP contribution in [0.5, 0.6) is 11.5 Å². The van der Waals surface area contributed by atoms with E-state index in [1.54, 1.807) is 0 Å². The minimum Gasteiger partial charge on any atom is -0.493 e. The summed E-state index contributed by atoms with van der Waals surface area (Å²) in [6.45, 7) is 7.24. The van der Waals surface area contributed by atoms with Crippen molar-refractivity contribution < 1.29 is 28.5 Å². The Labute approximate surface area is 368 Å². The molecule has 0 unspecified atom stereocenters. The molecule has 7 nitrogen and oxygen atoms in total. The highest BCUT2D eigenvalue weighted by atomic mass is 16.5. The van der Waals surface area contributed by atoms with Crippen LogP contribution in [0.2, 0.25) is 0 Å². The van der Waals surface area contributed by atoms with Gasteiger partial charge < -0.3 is 23.8 Å². The fourth-order valence-electron chi connectivity index (χ4n) is 6.72. The number of esters is 2. The van der Waals surface area contributed by atoms with Gasteiger partial charge in [0, 0.05) is 25.5 Å². The Balaban J connectivity index is 2.10. The van der Waals surface area contributed by atoms with Gasteiger partial charge in [-0.3, -0.25) is 9.59 Å². The second-order valence-corrected chi connectivity index (χ2v) is 16.6. The zero-order chi connectivity index (χ0) is 43.4. The Bertz CT molecular complexity index is 1180. The van der Waals surface area contributed by atoms with E-state index < -0.39 is 0 Å². The largest absolute Gasteiger partial charge is 0.493 e. The molecule has 0 aliphatic rings. The van der Waals surface area contributed by atoms with Crippen molar-refractivity contribution in [2.45, 2.75) is 200 Å². The third-order valence-electron chi connectivity index (χ3n) is 10.2. The molecular formula is C53H89NO6. The highest BCUT2D eigenvalue weighted by Crippen LogP contribution is 2.24. The minimum absolute atomic E-state index is 0.0923. The molecule has 0 aliphatic carbocycles. The maximum Gasteiger partial charge on any atom is 0.305 e. The molecule has 7 heteroatoms. The van der Waals surface area contributed by atoms with Gasteiger partial charge in [-0.25, -0.2) is 0 Å². The molecule has 1 aromatic rings. The lowest BCUT2D eigenvalue weighted by molar-refractivity contribution is -0.144. The number of hydrogen-bond acceptors (Lipinski definition) is 7. The maximum absolute atomic E-state index is 12.2. The molecular weight excluding hydrogens is 747 g/mol. The summed E-state index contributed by atoms with van der Waals surface area (Å²) in [6, 6.07) is 6.06. The van der Waals surface area contributed by atoms with Gasteiger partial charge in [0.05, 0.1) is 26.4 Å². The second-order valence-electron chi connectivity index (χ2n) is 16.6. The highest BCUT2D eigenvalue weighted by Gasteiger charge is 2.07. The van der Waals surface area contributed by atoms with Crippen molar-refractivity contribution in [2.24, 2.45) is 0 Å². The SMILES string of the molecule is CCCCCC=CCC=CCCCCCCCC(=O)OCCCCOc1cc(CN(C)C)cc(OCCCCOC(=O)CCCCCCCC=CCC=CCCCCC)c1. The van der Waals surface area contributed by atoms with Gasteiger partial charge >= 0.3 is 11.9 Å². The van der Waals surface area contributed by atoms with Crippen molar-refractivity contribution in [3.8, 4) is 11.5 Å². The monoisotopic (exact) mass is 836 g/mol. The number of carbonyl (C=O) groups excluding carboxylic acids is 2. The van der Waals surface area contributed by atoms with E-state index in [9.17, 15) is 9.59 Å². The third-order valence-corrected chi connectivity index (χ3v) is 10.2. The smallest absolute Gasteiger partial charge is 0.305 e. The lowest BCUT2D eigenvalue weighted by atomic mass is 10.1. The Morgan fingerprint density at radius 2 is 0.817 bits per heavy atom. The molecule has 0 amide bonds. The van der Waals surface area contributed by atoms with Gasteiger partial charge in [-0.15, -0.1) is 0 Å². The van der Waals surface area contributed by atoms with Crippen molar-refractivity contribution in [2.75, 3.05) is 40.5 Å². The minimum atomic E-state index is -0.0923. The molecule has 0 aromatic heterocycles. The van der Waals surface area contributed by atoms with Crippen LogP contribution in [0.4, 0.5) is 0 Å². The summed E-state index contributed by atoms with van der Waals surface area (Å²) in [6.07, 6.45) is 48.3. The number of hydrogen-bond donors (Lipinski definition) is 0. The first kappa shape index (κ1) is 54.7. The van der Waals surface area contributed by atoms with E-state index in [-0.39, 0.29) is 11.9 Å². The standard InChI is InChI=1S/C53H89NO6/c1-5-7-9-11-13-15-17-19-21-23-25-27-29-31-33-39-52(55)59-43-37-35-41-57-50-45-49(48-54(3)4)46-51(47-50)58-42-36-38-44-60-53(56)40-34-32-30-28-26-24-22-20-18-16-14-12-10-8-6-2/h13-16,19-22,45-47H,5-12,17-18,23-44,48H2,1-4H3. The topological polar surface area (TPSA) is 74.3 Å². The van der Waals surface area contributed by atoms with Gasteiger partial charge in [0.25, 0.3) is 0 Å². The molecule has 0 heterocycles. The molecule has 0 N–H and O–H groups in total. The van der Waals surface area contributed by atoms with Crippen LogP contribution in [0.3, 0.4) is 0 Å². The van der Waals surface area contributed by atoms with Crippen LogP contribution in [0.1, 0.15) is 199 Å². The highest BCUT2D eigenvalue weighted by molar-refractivity contribution is 5.69. The summed E-state index contributed by atoms with van der Waals surface area (Å²) in [4.78, 5) is 26.5. The van der Waals surface area contributed by atoms with Crippen LogP contribution in [0, 0.1) is 0 Å². The van der Waals surface area contributed by atoms with Crippen LogP contribution in [0.15, 0.2) is 66.8 Å². The van der Waals surface area contributed by atoms with E-state index >= 15 is 0 Å². The summed E-state index contributed by atoms with van der Waals surface area (Å²) >= 11 is 0. The molecule has 0 fully saturated rings. The number of rotatable bonds is 42. The molecule has 0 atom stereocenters. The quantitative estimate of drug-likeness (QED) is 0.0369. The number of nitrogens with zero attached hydrogens (tertiary/aromatic N) is 1. The van der Waals surface area contributed by atoms with E-state index in [1.165, 1.54) is 89.9 Å². The lowest BCUT2D eigenvalue weighted by Gasteiger charge is -2.15.